The standard InChI is InChI=1S/C9H7ClN2O/c10-7-1-2-8-6(5-7)3-4-12(8)9(11)13/h1-5H,(H2,11,13). The molecule has 0 radical (unpaired) electrons. The van der Waals surface area contributed by atoms with E-state index in [1.165, 1.54) is 4.57 Å². The Morgan fingerprint density at radius 2 is 2.15 bits per heavy atom. The van der Waals surface area contributed by atoms with Crippen LogP contribution in [0.2, 0.25) is 5.02 Å². The monoisotopic (exact) mass is 194 g/mol. The zero-order chi connectivity index (χ0) is 9.42. The van der Waals surface area contributed by atoms with E-state index in [0.29, 0.717) is 5.02 Å². The summed E-state index contributed by atoms with van der Waals surface area (Å²) in [5.41, 5.74) is 5.93. The number of hydrogen-bond donors (Lipinski definition) is 1. The van der Waals surface area contributed by atoms with Crippen LogP contribution in [0.15, 0.2) is 30.5 Å². The summed E-state index contributed by atoms with van der Waals surface area (Å²) in [6.07, 6.45) is 1.63. The molecule has 2 N–H and O–H groups in total. The van der Waals surface area contributed by atoms with Crippen molar-refractivity contribution in [2.45, 2.75) is 0 Å². The van der Waals surface area contributed by atoms with Gasteiger partial charge in [-0.2, -0.15) is 0 Å². The molecule has 2 aromatic rings. The van der Waals surface area contributed by atoms with Crippen LogP contribution in [-0.2, 0) is 0 Å². The van der Waals surface area contributed by atoms with Crippen LogP contribution in [0.3, 0.4) is 0 Å². The molecular weight excluding hydrogens is 188 g/mol. The number of nitrogens with two attached hydrogens (primary N) is 1. The number of carbonyl (C=O) groups excluding carboxylic acids is 1. The van der Waals surface area contributed by atoms with Crippen LogP contribution in [0.5, 0.6) is 0 Å². The summed E-state index contributed by atoms with van der Waals surface area (Å²) in [5.74, 6) is 0. The molecule has 1 aromatic heterocycles. The average molecular weight is 195 g/mol. The van der Waals surface area contributed by atoms with Crippen molar-refractivity contribution in [1.82, 2.24) is 4.57 Å². The number of fused-ring (bicyclic) bond motifs is 1. The second-order valence-electron chi connectivity index (χ2n) is 2.73. The number of rotatable bonds is 0. The van der Waals surface area contributed by atoms with E-state index < -0.39 is 6.03 Å². The van der Waals surface area contributed by atoms with Crippen LogP contribution in [0.4, 0.5) is 4.79 Å². The topological polar surface area (TPSA) is 48.0 Å². The molecule has 4 heteroatoms. The summed E-state index contributed by atoms with van der Waals surface area (Å²) in [4.78, 5) is 10.9. The highest BCUT2D eigenvalue weighted by molar-refractivity contribution is 6.31. The quantitative estimate of drug-likeness (QED) is 0.687. The smallest absolute Gasteiger partial charge is 0.323 e. The molecule has 0 fully saturated rings. The van der Waals surface area contributed by atoms with E-state index in [2.05, 4.69) is 0 Å². The van der Waals surface area contributed by atoms with Crippen LogP contribution >= 0.6 is 11.6 Å². The lowest BCUT2D eigenvalue weighted by Gasteiger charge is -1.98. The fraction of sp³-hybridized carbons (Fsp3) is 0. The molecule has 1 amide bonds. The minimum Gasteiger partial charge on any atom is -0.351 e. The van der Waals surface area contributed by atoms with Gasteiger partial charge in [-0.3, -0.25) is 4.57 Å². The normalized spacial score (nSPS) is 10.5. The largest absolute Gasteiger partial charge is 0.351 e. The summed E-state index contributed by atoms with van der Waals surface area (Å²) in [6, 6.07) is 6.59. The summed E-state index contributed by atoms with van der Waals surface area (Å²) in [7, 11) is 0. The van der Waals surface area contributed by atoms with Crippen LogP contribution in [0, 0.1) is 0 Å². The van der Waals surface area contributed by atoms with Crippen molar-refractivity contribution < 1.29 is 4.79 Å². The van der Waals surface area contributed by atoms with E-state index in [0.717, 1.165) is 10.9 Å². The van der Waals surface area contributed by atoms with E-state index in [-0.39, 0.29) is 0 Å². The Bertz CT molecular complexity index is 475. The molecule has 0 spiro atoms. The van der Waals surface area contributed by atoms with Crippen molar-refractivity contribution in [3.63, 3.8) is 0 Å². The van der Waals surface area contributed by atoms with Gasteiger partial charge in [0, 0.05) is 16.6 Å². The first-order chi connectivity index (χ1) is 6.18. The first-order valence-electron chi connectivity index (χ1n) is 3.75. The SMILES string of the molecule is NC(=O)n1ccc2cc(Cl)ccc21. The highest BCUT2D eigenvalue weighted by atomic mass is 35.5. The van der Waals surface area contributed by atoms with Gasteiger partial charge in [-0.25, -0.2) is 4.79 Å². The molecule has 0 aliphatic carbocycles. The fourth-order valence-corrected chi connectivity index (χ4v) is 1.49. The van der Waals surface area contributed by atoms with Gasteiger partial charge < -0.3 is 5.73 Å². The molecule has 0 saturated carbocycles. The third kappa shape index (κ3) is 1.27. The highest BCUT2D eigenvalue weighted by Gasteiger charge is 2.04. The van der Waals surface area contributed by atoms with E-state index in [1.54, 1.807) is 30.5 Å². The van der Waals surface area contributed by atoms with Gasteiger partial charge in [-0.05, 0) is 24.3 Å². The third-order valence-electron chi connectivity index (χ3n) is 1.89. The molecule has 0 unspecified atom stereocenters. The first-order valence-corrected chi connectivity index (χ1v) is 4.13. The number of primary amides is 1. The van der Waals surface area contributed by atoms with Crippen molar-refractivity contribution in [1.29, 1.82) is 0 Å². The Kier molecular flexibility index (Phi) is 1.74. The summed E-state index contributed by atoms with van der Waals surface area (Å²) >= 11 is 5.78. The zero-order valence-corrected chi connectivity index (χ0v) is 7.45. The molecule has 0 atom stereocenters. The lowest BCUT2D eigenvalue weighted by Crippen LogP contribution is -2.17. The number of aromatic nitrogens is 1. The fourth-order valence-electron chi connectivity index (χ4n) is 1.31. The first kappa shape index (κ1) is 8.13. The van der Waals surface area contributed by atoms with Crippen LogP contribution in [-0.4, -0.2) is 10.6 Å². The zero-order valence-electron chi connectivity index (χ0n) is 6.70. The van der Waals surface area contributed by atoms with Crippen molar-refractivity contribution in [3.8, 4) is 0 Å². The maximum absolute atomic E-state index is 10.9. The Balaban J connectivity index is 2.76. The minimum atomic E-state index is -0.489. The summed E-state index contributed by atoms with van der Waals surface area (Å²) in [5, 5.41) is 1.56. The van der Waals surface area contributed by atoms with Crippen molar-refractivity contribution in [2.75, 3.05) is 0 Å². The van der Waals surface area contributed by atoms with Gasteiger partial charge in [-0.15, -0.1) is 0 Å². The maximum atomic E-state index is 10.9. The summed E-state index contributed by atoms with van der Waals surface area (Å²) in [6.45, 7) is 0. The number of halogens is 1. The Labute approximate surface area is 79.7 Å². The van der Waals surface area contributed by atoms with Gasteiger partial charge in [0.2, 0.25) is 0 Å². The van der Waals surface area contributed by atoms with Crippen LogP contribution < -0.4 is 5.73 Å². The molecule has 66 valence electrons. The molecule has 2 rings (SSSR count). The molecule has 13 heavy (non-hydrogen) atoms. The van der Waals surface area contributed by atoms with E-state index >= 15 is 0 Å². The number of benzene rings is 1. The lowest BCUT2D eigenvalue weighted by molar-refractivity contribution is 0.251. The van der Waals surface area contributed by atoms with Gasteiger partial charge in [-0.1, -0.05) is 11.6 Å². The van der Waals surface area contributed by atoms with Crippen molar-refractivity contribution in [2.24, 2.45) is 5.73 Å². The van der Waals surface area contributed by atoms with Gasteiger partial charge >= 0.3 is 6.03 Å². The number of amides is 1. The second-order valence-corrected chi connectivity index (χ2v) is 3.16. The number of nitrogens with zero attached hydrogens (tertiary/aromatic N) is 1. The van der Waals surface area contributed by atoms with Crippen LogP contribution in [0.25, 0.3) is 10.9 Å². The van der Waals surface area contributed by atoms with Gasteiger partial charge in [0.1, 0.15) is 0 Å². The van der Waals surface area contributed by atoms with Gasteiger partial charge in [0.15, 0.2) is 0 Å². The molecule has 3 nitrogen and oxygen atoms in total. The molecule has 1 aromatic carbocycles. The molecule has 0 aliphatic rings. The Hall–Kier alpha value is -1.48. The number of carbonyl (C=O) groups is 1. The Morgan fingerprint density at radius 1 is 1.38 bits per heavy atom. The van der Waals surface area contributed by atoms with E-state index in [1.807, 2.05) is 0 Å². The average Bonchev–Trinajstić information content (AvgIpc) is 2.46. The molecule has 0 aliphatic heterocycles. The lowest BCUT2D eigenvalue weighted by atomic mass is 10.2. The molecule has 1 heterocycles. The Morgan fingerprint density at radius 3 is 2.85 bits per heavy atom. The van der Waals surface area contributed by atoms with E-state index in [4.69, 9.17) is 17.3 Å². The minimum absolute atomic E-state index is 0.489. The van der Waals surface area contributed by atoms with Crippen molar-refractivity contribution >= 4 is 28.5 Å². The van der Waals surface area contributed by atoms with E-state index in [9.17, 15) is 4.79 Å². The molecule has 0 bridgehead atoms. The van der Waals surface area contributed by atoms with Crippen LogP contribution in [0.1, 0.15) is 0 Å². The second kappa shape index (κ2) is 2.78. The highest BCUT2D eigenvalue weighted by Crippen LogP contribution is 2.19. The third-order valence-corrected chi connectivity index (χ3v) is 2.12. The molecule has 0 saturated heterocycles. The predicted octanol–water partition coefficient (Wildman–Crippen LogP) is 2.22. The van der Waals surface area contributed by atoms with Gasteiger partial charge in [0.05, 0.1) is 5.52 Å². The number of hydrogen-bond acceptors (Lipinski definition) is 1. The molecular formula is C9H7ClN2O. The predicted molar refractivity (Wildman–Crippen MR) is 51.9 cm³/mol. The van der Waals surface area contributed by atoms with Gasteiger partial charge in [0.25, 0.3) is 0 Å². The summed E-state index contributed by atoms with van der Waals surface area (Å²) < 4.78 is 1.38. The van der Waals surface area contributed by atoms with Crippen molar-refractivity contribution in [3.05, 3.63) is 35.5 Å². The maximum Gasteiger partial charge on any atom is 0.323 e.